The Morgan fingerprint density at radius 3 is 2.57 bits per heavy atom. The number of hydrogen-bond donors (Lipinski definition) is 2. The maximum Gasteiger partial charge on any atom is 0.251 e. The first-order chi connectivity index (χ1) is 13.5. The predicted octanol–water partition coefficient (Wildman–Crippen LogP) is 3.39. The quantitative estimate of drug-likeness (QED) is 0.470. The van der Waals surface area contributed by atoms with E-state index < -0.39 is 0 Å². The number of carbonyl (C=O) groups is 1. The maximum absolute atomic E-state index is 13.0. The Bertz CT molecular complexity index is 1000. The standard InChI is InChI=1S/C20H18FN3O3S/c1-27-17-8-6-15(7-9-17)22-18(25)10-16-11-19(26)24-20(23-16)28-12-13-2-4-14(21)5-3-13/h2-9,11H,10,12H2,1H3,(H,22,25)(H,23,24,26). The van der Waals surface area contributed by atoms with Crippen LogP contribution in [0.4, 0.5) is 10.1 Å². The summed E-state index contributed by atoms with van der Waals surface area (Å²) in [5, 5.41) is 3.16. The van der Waals surface area contributed by atoms with E-state index in [-0.39, 0.29) is 23.7 Å². The van der Waals surface area contributed by atoms with Crippen LogP contribution in [0.2, 0.25) is 0 Å². The number of benzene rings is 2. The molecule has 0 saturated heterocycles. The Morgan fingerprint density at radius 2 is 1.89 bits per heavy atom. The molecule has 0 fully saturated rings. The molecule has 3 aromatic rings. The average molecular weight is 399 g/mol. The number of rotatable bonds is 7. The number of carbonyl (C=O) groups excluding carboxylic acids is 1. The molecule has 0 atom stereocenters. The van der Waals surface area contributed by atoms with Gasteiger partial charge in [0.2, 0.25) is 5.91 Å². The van der Waals surface area contributed by atoms with E-state index in [9.17, 15) is 14.0 Å². The Morgan fingerprint density at radius 1 is 1.18 bits per heavy atom. The van der Waals surface area contributed by atoms with Gasteiger partial charge in [0.15, 0.2) is 5.16 Å². The first-order valence-corrected chi connectivity index (χ1v) is 9.42. The highest BCUT2D eigenvalue weighted by molar-refractivity contribution is 7.98. The van der Waals surface area contributed by atoms with Crippen molar-refractivity contribution in [2.75, 3.05) is 12.4 Å². The summed E-state index contributed by atoms with van der Waals surface area (Å²) >= 11 is 1.31. The Hall–Kier alpha value is -3.13. The number of hydrogen-bond acceptors (Lipinski definition) is 5. The van der Waals surface area contributed by atoms with E-state index in [0.29, 0.717) is 28.0 Å². The minimum Gasteiger partial charge on any atom is -0.497 e. The number of nitrogens with zero attached hydrogens (tertiary/aromatic N) is 1. The smallest absolute Gasteiger partial charge is 0.251 e. The van der Waals surface area contributed by atoms with Crippen molar-refractivity contribution in [3.8, 4) is 5.75 Å². The van der Waals surface area contributed by atoms with Crippen LogP contribution < -0.4 is 15.6 Å². The van der Waals surface area contributed by atoms with E-state index in [1.807, 2.05) is 0 Å². The normalized spacial score (nSPS) is 10.5. The SMILES string of the molecule is COc1ccc(NC(=O)Cc2cc(=O)[nH]c(SCc3ccc(F)cc3)n2)cc1. The van der Waals surface area contributed by atoms with Gasteiger partial charge in [0.25, 0.3) is 5.56 Å². The molecule has 0 unspecified atom stereocenters. The second-order valence-electron chi connectivity index (χ2n) is 5.91. The van der Waals surface area contributed by atoms with E-state index in [1.165, 1.54) is 30.0 Å². The molecule has 28 heavy (non-hydrogen) atoms. The molecule has 1 amide bonds. The number of amides is 1. The zero-order valence-electron chi connectivity index (χ0n) is 15.1. The first kappa shape index (κ1) is 19.6. The average Bonchev–Trinajstić information content (AvgIpc) is 2.67. The third kappa shape index (κ3) is 5.68. The molecule has 1 aromatic heterocycles. The van der Waals surface area contributed by atoms with E-state index in [4.69, 9.17) is 4.74 Å². The number of nitrogens with one attached hydrogen (secondary N) is 2. The molecule has 1 heterocycles. The van der Waals surface area contributed by atoms with Crippen molar-refractivity contribution < 1.29 is 13.9 Å². The molecule has 3 rings (SSSR count). The van der Waals surface area contributed by atoms with Crippen LogP contribution in [-0.2, 0) is 17.0 Å². The number of aromatic amines is 1. The van der Waals surface area contributed by atoms with Gasteiger partial charge in [0, 0.05) is 17.5 Å². The predicted molar refractivity (Wildman–Crippen MR) is 106 cm³/mol. The van der Waals surface area contributed by atoms with Gasteiger partial charge in [0.1, 0.15) is 11.6 Å². The first-order valence-electron chi connectivity index (χ1n) is 8.43. The van der Waals surface area contributed by atoms with Gasteiger partial charge >= 0.3 is 0 Å². The van der Waals surface area contributed by atoms with Crippen LogP contribution in [-0.4, -0.2) is 23.0 Å². The number of anilines is 1. The fourth-order valence-corrected chi connectivity index (χ4v) is 3.27. The summed E-state index contributed by atoms with van der Waals surface area (Å²) in [6.45, 7) is 0. The van der Waals surface area contributed by atoms with Crippen LogP contribution in [0, 0.1) is 5.82 Å². The van der Waals surface area contributed by atoms with Gasteiger partial charge in [-0.05, 0) is 42.0 Å². The zero-order valence-corrected chi connectivity index (χ0v) is 15.9. The lowest BCUT2D eigenvalue weighted by Crippen LogP contribution is -2.18. The van der Waals surface area contributed by atoms with Gasteiger partial charge in [-0.2, -0.15) is 0 Å². The van der Waals surface area contributed by atoms with Crippen molar-refractivity contribution in [3.05, 3.63) is 82.0 Å². The summed E-state index contributed by atoms with van der Waals surface area (Å²) in [5.41, 5.74) is 1.57. The summed E-state index contributed by atoms with van der Waals surface area (Å²) in [5.74, 6) is 0.630. The van der Waals surface area contributed by atoms with Gasteiger partial charge in [-0.3, -0.25) is 9.59 Å². The van der Waals surface area contributed by atoms with Crippen LogP contribution in [0.3, 0.4) is 0 Å². The third-order valence-electron chi connectivity index (χ3n) is 3.78. The van der Waals surface area contributed by atoms with Gasteiger partial charge in [0.05, 0.1) is 19.2 Å². The second kappa shape index (κ2) is 9.18. The molecule has 0 aliphatic carbocycles. The largest absolute Gasteiger partial charge is 0.497 e. The summed E-state index contributed by atoms with van der Waals surface area (Å²) in [6, 6.07) is 14.3. The highest BCUT2D eigenvalue weighted by Gasteiger charge is 2.09. The van der Waals surface area contributed by atoms with Crippen molar-refractivity contribution in [1.82, 2.24) is 9.97 Å². The van der Waals surface area contributed by atoms with Crippen molar-refractivity contribution >= 4 is 23.4 Å². The van der Waals surface area contributed by atoms with Crippen molar-refractivity contribution in [2.24, 2.45) is 0 Å². The highest BCUT2D eigenvalue weighted by Crippen LogP contribution is 2.19. The number of H-pyrrole nitrogens is 1. The summed E-state index contributed by atoms with van der Waals surface area (Å²) in [6.07, 6.45) is -0.0277. The van der Waals surface area contributed by atoms with Crippen LogP contribution in [0.25, 0.3) is 0 Å². The van der Waals surface area contributed by atoms with E-state index in [0.717, 1.165) is 5.56 Å². The lowest BCUT2D eigenvalue weighted by atomic mass is 10.2. The minimum absolute atomic E-state index is 0.0277. The third-order valence-corrected chi connectivity index (χ3v) is 4.72. The van der Waals surface area contributed by atoms with Crippen LogP contribution >= 0.6 is 11.8 Å². The molecular formula is C20H18FN3O3S. The zero-order chi connectivity index (χ0) is 19.9. The van der Waals surface area contributed by atoms with Crippen LogP contribution in [0.5, 0.6) is 5.75 Å². The lowest BCUT2D eigenvalue weighted by molar-refractivity contribution is -0.115. The van der Waals surface area contributed by atoms with Crippen LogP contribution in [0.1, 0.15) is 11.3 Å². The van der Waals surface area contributed by atoms with E-state index >= 15 is 0 Å². The number of halogens is 1. The molecule has 0 spiro atoms. The molecule has 2 N–H and O–H groups in total. The summed E-state index contributed by atoms with van der Waals surface area (Å²) in [7, 11) is 1.57. The lowest BCUT2D eigenvalue weighted by Gasteiger charge is -2.07. The molecule has 144 valence electrons. The minimum atomic E-state index is -0.330. The van der Waals surface area contributed by atoms with Crippen molar-refractivity contribution in [1.29, 1.82) is 0 Å². The molecular weight excluding hydrogens is 381 g/mol. The summed E-state index contributed by atoms with van der Waals surface area (Å²) in [4.78, 5) is 31.1. The molecule has 0 aliphatic heterocycles. The Balaban J connectivity index is 1.62. The fraction of sp³-hybridized carbons (Fsp3) is 0.150. The number of aromatic nitrogens is 2. The molecule has 6 nitrogen and oxygen atoms in total. The topological polar surface area (TPSA) is 84.1 Å². The molecule has 0 radical (unpaired) electrons. The van der Waals surface area contributed by atoms with Crippen molar-refractivity contribution in [3.63, 3.8) is 0 Å². The molecule has 0 bridgehead atoms. The van der Waals surface area contributed by atoms with E-state index in [2.05, 4.69) is 15.3 Å². The molecule has 0 saturated carbocycles. The maximum atomic E-state index is 13.0. The van der Waals surface area contributed by atoms with Crippen LogP contribution in [0.15, 0.2) is 64.5 Å². The molecule has 8 heteroatoms. The fourth-order valence-electron chi connectivity index (χ4n) is 2.42. The monoisotopic (exact) mass is 399 g/mol. The van der Waals surface area contributed by atoms with Gasteiger partial charge in [-0.15, -0.1) is 0 Å². The van der Waals surface area contributed by atoms with E-state index in [1.54, 1.807) is 43.5 Å². The molecule has 0 aliphatic rings. The van der Waals surface area contributed by atoms with Gasteiger partial charge in [-0.1, -0.05) is 23.9 Å². The highest BCUT2D eigenvalue weighted by atomic mass is 32.2. The Labute approximate surface area is 165 Å². The van der Waals surface area contributed by atoms with Gasteiger partial charge in [-0.25, -0.2) is 9.37 Å². The van der Waals surface area contributed by atoms with Crippen molar-refractivity contribution in [2.45, 2.75) is 17.3 Å². The molecule has 2 aromatic carbocycles. The number of methoxy groups -OCH3 is 1. The summed E-state index contributed by atoms with van der Waals surface area (Å²) < 4.78 is 18.0. The second-order valence-corrected chi connectivity index (χ2v) is 6.87. The van der Waals surface area contributed by atoms with Gasteiger partial charge < -0.3 is 15.0 Å². The number of thioether (sulfide) groups is 1. The number of ether oxygens (including phenoxy) is 1. The Kier molecular flexibility index (Phi) is 6.44.